The van der Waals surface area contributed by atoms with E-state index in [1.54, 1.807) is 0 Å². The maximum atomic E-state index is 3.87. The second-order valence-electron chi connectivity index (χ2n) is 2.88. The van der Waals surface area contributed by atoms with Gasteiger partial charge in [-0.3, -0.25) is 0 Å². The van der Waals surface area contributed by atoms with Crippen molar-refractivity contribution in [3.05, 3.63) is 36.2 Å². The Morgan fingerprint density at radius 3 is 2.25 bits per heavy atom. The van der Waals surface area contributed by atoms with Crippen molar-refractivity contribution >= 4 is 0 Å². The number of allylic oxidation sites excluding steroid dienone is 3. The smallest absolute Gasteiger partial charge is 0.0332 e. The SMILES string of the molecule is C=C(C)C(=C)N/C(=C/CC)CC. The van der Waals surface area contributed by atoms with Crippen molar-refractivity contribution in [3.8, 4) is 0 Å². The van der Waals surface area contributed by atoms with Crippen LogP contribution in [-0.2, 0) is 0 Å². The standard InChI is InChI=1S/C11H19N/c1-6-8-11(7-2)12-10(5)9(3)4/h8,12H,3,5-7H2,1-2,4H3/b11-8+. The summed E-state index contributed by atoms with van der Waals surface area (Å²) in [6.45, 7) is 13.9. The lowest BCUT2D eigenvalue weighted by Crippen LogP contribution is -2.11. The molecule has 0 atom stereocenters. The molecule has 0 amide bonds. The van der Waals surface area contributed by atoms with Crippen molar-refractivity contribution in [2.24, 2.45) is 0 Å². The van der Waals surface area contributed by atoms with Gasteiger partial charge in [-0.05, 0) is 25.3 Å². The summed E-state index contributed by atoms with van der Waals surface area (Å²) in [5.74, 6) is 0. The summed E-state index contributed by atoms with van der Waals surface area (Å²) in [5.41, 5.74) is 3.13. The van der Waals surface area contributed by atoms with E-state index in [1.165, 1.54) is 5.70 Å². The van der Waals surface area contributed by atoms with Crippen molar-refractivity contribution in [2.75, 3.05) is 0 Å². The monoisotopic (exact) mass is 165 g/mol. The highest BCUT2D eigenvalue weighted by molar-refractivity contribution is 5.24. The van der Waals surface area contributed by atoms with Crippen LogP contribution in [0.3, 0.4) is 0 Å². The highest BCUT2D eigenvalue weighted by atomic mass is 14.9. The summed E-state index contributed by atoms with van der Waals surface area (Å²) < 4.78 is 0. The van der Waals surface area contributed by atoms with Crippen LogP contribution < -0.4 is 5.32 Å². The molecule has 0 heterocycles. The Hall–Kier alpha value is -0.980. The fourth-order valence-electron chi connectivity index (χ4n) is 0.831. The van der Waals surface area contributed by atoms with Gasteiger partial charge >= 0.3 is 0 Å². The van der Waals surface area contributed by atoms with E-state index in [0.717, 1.165) is 24.1 Å². The minimum Gasteiger partial charge on any atom is -0.359 e. The van der Waals surface area contributed by atoms with E-state index in [-0.39, 0.29) is 0 Å². The van der Waals surface area contributed by atoms with Gasteiger partial charge in [-0.1, -0.05) is 33.1 Å². The fraction of sp³-hybridized carbons (Fsp3) is 0.455. The maximum Gasteiger partial charge on any atom is 0.0332 e. The molecule has 1 heteroatoms. The summed E-state index contributed by atoms with van der Waals surface area (Å²) in [4.78, 5) is 0. The first-order chi connectivity index (χ1) is 5.61. The van der Waals surface area contributed by atoms with Crippen LogP contribution in [0.25, 0.3) is 0 Å². The van der Waals surface area contributed by atoms with Gasteiger partial charge in [0.2, 0.25) is 0 Å². The third kappa shape index (κ3) is 4.02. The van der Waals surface area contributed by atoms with E-state index in [9.17, 15) is 0 Å². The predicted molar refractivity (Wildman–Crippen MR) is 55.8 cm³/mol. The summed E-state index contributed by atoms with van der Waals surface area (Å²) >= 11 is 0. The van der Waals surface area contributed by atoms with Crippen molar-refractivity contribution in [1.82, 2.24) is 5.32 Å². The Labute approximate surface area is 75.9 Å². The van der Waals surface area contributed by atoms with Crippen LogP contribution in [0.4, 0.5) is 0 Å². The lowest BCUT2D eigenvalue weighted by molar-refractivity contribution is 0.886. The average Bonchev–Trinajstić information content (AvgIpc) is 2.03. The lowest BCUT2D eigenvalue weighted by Gasteiger charge is -2.11. The quantitative estimate of drug-likeness (QED) is 0.616. The van der Waals surface area contributed by atoms with Gasteiger partial charge in [-0.2, -0.15) is 0 Å². The van der Waals surface area contributed by atoms with Gasteiger partial charge in [0, 0.05) is 11.4 Å². The summed E-state index contributed by atoms with van der Waals surface area (Å²) in [6.07, 6.45) is 4.24. The molecule has 0 radical (unpaired) electrons. The second-order valence-corrected chi connectivity index (χ2v) is 2.88. The lowest BCUT2D eigenvalue weighted by atomic mass is 10.2. The molecule has 0 aromatic heterocycles. The van der Waals surface area contributed by atoms with Gasteiger partial charge in [0.15, 0.2) is 0 Å². The predicted octanol–water partition coefficient (Wildman–Crippen LogP) is 3.37. The number of hydrogen-bond acceptors (Lipinski definition) is 1. The normalized spacial score (nSPS) is 11.1. The molecule has 0 aromatic rings. The molecule has 68 valence electrons. The van der Waals surface area contributed by atoms with Crippen molar-refractivity contribution in [1.29, 1.82) is 0 Å². The zero-order chi connectivity index (χ0) is 9.56. The summed E-state index contributed by atoms with van der Waals surface area (Å²) in [6, 6.07) is 0. The van der Waals surface area contributed by atoms with Crippen LogP contribution in [0.5, 0.6) is 0 Å². The first-order valence-corrected chi connectivity index (χ1v) is 4.42. The first-order valence-electron chi connectivity index (χ1n) is 4.42. The van der Waals surface area contributed by atoms with Gasteiger partial charge in [0.25, 0.3) is 0 Å². The molecule has 0 unspecified atom stereocenters. The molecular formula is C11H19N. The molecule has 0 aromatic carbocycles. The molecule has 0 saturated heterocycles. The first kappa shape index (κ1) is 11.0. The molecule has 0 fully saturated rings. The zero-order valence-corrected chi connectivity index (χ0v) is 8.41. The minimum atomic E-state index is 0.913. The van der Waals surface area contributed by atoms with Gasteiger partial charge < -0.3 is 5.32 Å². The van der Waals surface area contributed by atoms with Gasteiger partial charge in [0.1, 0.15) is 0 Å². The van der Waals surface area contributed by atoms with E-state index in [1.807, 2.05) is 6.92 Å². The second kappa shape index (κ2) is 5.64. The molecular weight excluding hydrogens is 146 g/mol. The molecule has 0 aliphatic rings. The fourth-order valence-corrected chi connectivity index (χ4v) is 0.831. The van der Waals surface area contributed by atoms with Crippen LogP contribution in [0, 0.1) is 0 Å². The van der Waals surface area contributed by atoms with E-state index >= 15 is 0 Å². The molecule has 0 aliphatic carbocycles. The molecule has 0 saturated carbocycles. The average molecular weight is 165 g/mol. The van der Waals surface area contributed by atoms with Crippen molar-refractivity contribution in [3.63, 3.8) is 0 Å². The Morgan fingerprint density at radius 2 is 1.92 bits per heavy atom. The van der Waals surface area contributed by atoms with E-state index in [4.69, 9.17) is 0 Å². The molecule has 0 spiro atoms. The number of nitrogens with one attached hydrogen (secondary N) is 1. The van der Waals surface area contributed by atoms with Crippen LogP contribution in [-0.4, -0.2) is 0 Å². The third-order valence-corrected chi connectivity index (χ3v) is 1.66. The van der Waals surface area contributed by atoms with Crippen molar-refractivity contribution < 1.29 is 0 Å². The Balaban J connectivity index is 4.12. The molecule has 1 N–H and O–H groups in total. The highest BCUT2D eigenvalue weighted by Crippen LogP contribution is 2.05. The Kier molecular flexibility index (Phi) is 5.18. The topological polar surface area (TPSA) is 12.0 Å². The van der Waals surface area contributed by atoms with E-state index < -0.39 is 0 Å². The number of rotatable bonds is 5. The van der Waals surface area contributed by atoms with E-state index in [0.29, 0.717) is 0 Å². The van der Waals surface area contributed by atoms with Crippen LogP contribution in [0.15, 0.2) is 36.2 Å². The summed E-state index contributed by atoms with van der Waals surface area (Å²) in [5, 5.41) is 3.23. The molecule has 0 aliphatic heterocycles. The number of hydrogen-bond donors (Lipinski definition) is 1. The minimum absolute atomic E-state index is 0.913. The third-order valence-electron chi connectivity index (χ3n) is 1.66. The van der Waals surface area contributed by atoms with Crippen LogP contribution in [0.2, 0.25) is 0 Å². The maximum absolute atomic E-state index is 3.87. The largest absolute Gasteiger partial charge is 0.359 e. The van der Waals surface area contributed by atoms with Gasteiger partial charge in [0.05, 0.1) is 0 Å². The summed E-state index contributed by atoms with van der Waals surface area (Å²) in [7, 11) is 0. The molecule has 12 heavy (non-hydrogen) atoms. The van der Waals surface area contributed by atoms with Crippen LogP contribution in [0.1, 0.15) is 33.6 Å². The van der Waals surface area contributed by atoms with Gasteiger partial charge in [-0.25, -0.2) is 0 Å². The molecule has 0 bridgehead atoms. The highest BCUT2D eigenvalue weighted by Gasteiger charge is 1.95. The van der Waals surface area contributed by atoms with Crippen LogP contribution >= 0.6 is 0 Å². The van der Waals surface area contributed by atoms with Crippen molar-refractivity contribution in [2.45, 2.75) is 33.6 Å². The zero-order valence-electron chi connectivity index (χ0n) is 8.41. The van der Waals surface area contributed by atoms with Gasteiger partial charge in [-0.15, -0.1) is 0 Å². The Bertz CT molecular complexity index is 199. The Morgan fingerprint density at radius 1 is 1.33 bits per heavy atom. The van der Waals surface area contributed by atoms with E-state index in [2.05, 4.69) is 38.4 Å². The molecule has 1 nitrogen and oxygen atoms in total. The molecule has 0 rings (SSSR count).